The highest BCUT2D eigenvalue weighted by molar-refractivity contribution is 5.84. The van der Waals surface area contributed by atoms with Crippen LogP contribution >= 0.6 is 0 Å². The van der Waals surface area contributed by atoms with Gasteiger partial charge in [0.25, 0.3) is 0 Å². The van der Waals surface area contributed by atoms with Crippen LogP contribution in [0, 0.1) is 0 Å². The van der Waals surface area contributed by atoms with Crippen molar-refractivity contribution in [2.45, 2.75) is 32.1 Å². The molecule has 3 nitrogen and oxygen atoms in total. The van der Waals surface area contributed by atoms with E-state index in [4.69, 9.17) is 9.47 Å². The Kier molecular flexibility index (Phi) is 2.13. The Bertz CT molecular complexity index is 451. The zero-order valence-corrected chi connectivity index (χ0v) is 9.29. The number of fused-ring (bicyclic) bond motifs is 2. The zero-order valence-electron chi connectivity index (χ0n) is 9.29. The molecule has 0 aromatic heterocycles. The van der Waals surface area contributed by atoms with E-state index in [1.54, 1.807) is 6.92 Å². The molecule has 0 bridgehead atoms. The molecular formula is C13H14O3. The van der Waals surface area contributed by atoms with Gasteiger partial charge in [-0.05, 0) is 49.4 Å². The summed E-state index contributed by atoms with van der Waals surface area (Å²) in [6.07, 6.45) is 3.08. The van der Waals surface area contributed by atoms with Crippen molar-refractivity contribution in [3.05, 3.63) is 23.3 Å². The summed E-state index contributed by atoms with van der Waals surface area (Å²) in [5.74, 6) is 1.91. The van der Waals surface area contributed by atoms with Gasteiger partial charge in [0.05, 0.1) is 0 Å². The van der Waals surface area contributed by atoms with E-state index in [0.29, 0.717) is 6.79 Å². The molecule has 84 valence electrons. The van der Waals surface area contributed by atoms with Gasteiger partial charge in [-0.3, -0.25) is 4.79 Å². The third kappa shape index (κ3) is 1.39. The second-order valence-electron chi connectivity index (χ2n) is 4.46. The smallest absolute Gasteiger partial charge is 0.231 e. The van der Waals surface area contributed by atoms with E-state index in [1.807, 2.05) is 12.1 Å². The molecular weight excluding hydrogens is 204 g/mol. The maximum Gasteiger partial charge on any atom is 0.231 e. The molecule has 1 heterocycles. The highest BCUT2D eigenvalue weighted by Crippen LogP contribution is 2.41. The van der Waals surface area contributed by atoms with Crippen LogP contribution in [0.25, 0.3) is 0 Å². The van der Waals surface area contributed by atoms with E-state index in [1.165, 1.54) is 5.56 Å². The number of hydrogen-bond acceptors (Lipinski definition) is 3. The molecule has 1 aromatic rings. The molecule has 16 heavy (non-hydrogen) atoms. The van der Waals surface area contributed by atoms with Crippen LogP contribution in [-0.2, 0) is 11.2 Å². The van der Waals surface area contributed by atoms with E-state index >= 15 is 0 Å². The van der Waals surface area contributed by atoms with Gasteiger partial charge in [0.15, 0.2) is 11.5 Å². The Morgan fingerprint density at radius 3 is 2.81 bits per heavy atom. The van der Waals surface area contributed by atoms with Crippen molar-refractivity contribution in [3.8, 4) is 11.5 Å². The lowest BCUT2D eigenvalue weighted by molar-refractivity contribution is -0.118. The van der Waals surface area contributed by atoms with Crippen LogP contribution in [0.3, 0.4) is 0 Å². The fourth-order valence-corrected chi connectivity index (χ4v) is 2.62. The molecule has 0 radical (unpaired) electrons. The van der Waals surface area contributed by atoms with Crippen molar-refractivity contribution in [2.24, 2.45) is 0 Å². The Balaban J connectivity index is 2.10. The Hall–Kier alpha value is -1.51. The first kappa shape index (κ1) is 9.70. The van der Waals surface area contributed by atoms with Crippen LogP contribution in [0.15, 0.2) is 12.1 Å². The van der Waals surface area contributed by atoms with Crippen LogP contribution in [0.2, 0.25) is 0 Å². The molecule has 0 saturated carbocycles. The minimum atomic E-state index is 0.0539. The van der Waals surface area contributed by atoms with Gasteiger partial charge >= 0.3 is 0 Å². The Morgan fingerprint density at radius 2 is 2.06 bits per heavy atom. The lowest BCUT2D eigenvalue weighted by Crippen LogP contribution is -2.16. The van der Waals surface area contributed by atoms with Gasteiger partial charge < -0.3 is 9.47 Å². The minimum Gasteiger partial charge on any atom is -0.454 e. The molecule has 0 amide bonds. The third-order valence-electron chi connectivity index (χ3n) is 3.44. The first-order valence-corrected chi connectivity index (χ1v) is 5.68. The number of hydrogen-bond donors (Lipinski definition) is 0. The average Bonchev–Trinajstić information content (AvgIpc) is 2.71. The van der Waals surface area contributed by atoms with Crippen LogP contribution in [-0.4, -0.2) is 12.6 Å². The molecule has 3 rings (SSSR count). The average molecular weight is 218 g/mol. The quantitative estimate of drug-likeness (QED) is 0.726. The van der Waals surface area contributed by atoms with E-state index in [0.717, 1.165) is 36.3 Å². The van der Waals surface area contributed by atoms with E-state index in [2.05, 4.69) is 0 Å². The molecule has 2 aliphatic rings. The number of benzene rings is 1. The number of aryl methyl sites for hydroxylation is 1. The molecule has 1 aliphatic heterocycles. The summed E-state index contributed by atoms with van der Waals surface area (Å²) in [6.45, 7) is 1.97. The maximum absolute atomic E-state index is 11.6. The van der Waals surface area contributed by atoms with Gasteiger partial charge in [0.2, 0.25) is 6.79 Å². The third-order valence-corrected chi connectivity index (χ3v) is 3.44. The molecule has 0 fully saturated rings. The zero-order chi connectivity index (χ0) is 11.1. The summed E-state index contributed by atoms with van der Waals surface area (Å²) in [4.78, 5) is 11.6. The van der Waals surface area contributed by atoms with Gasteiger partial charge in [-0.1, -0.05) is 0 Å². The van der Waals surface area contributed by atoms with Crippen LogP contribution in [0.5, 0.6) is 11.5 Å². The Labute approximate surface area is 94.4 Å². The van der Waals surface area contributed by atoms with Crippen LogP contribution in [0.1, 0.15) is 36.8 Å². The first-order chi connectivity index (χ1) is 7.75. The second kappa shape index (κ2) is 3.51. The largest absolute Gasteiger partial charge is 0.454 e. The Morgan fingerprint density at radius 1 is 1.31 bits per heavy atom. The van der Waals surface area contributed by atoms with E-state index < -0.39 is 0 Å². The van der Waals surface area contributed by atoms with Gasteiger partial charge in [0.1, 0.15) is 5.78 Å². The molecule has 1 aromatic carbocycles. The fraction of sp³-hybridized carbons (Fsp3) is 0.462. The fourth-order valence-electron chi connectivity index (χ4n) is 2.62. The van der Waals surface area contributed by atoms with Crippen LogP contribution in [0.4, 0.5) is 0 Å². The number of rotatable bonds is 1. The summed E-state index contributed by atoms with van der Waals surface area (Å²) in [5.41, 5.74) is 2.39. The van der Waals surface area contributed by atoms with Crippen molar-refractivity contribution in [1.82, 2.24) is 0 Å². The van der Waals surface area contributed by atoms with Gasteiger partial charge in [-0.2, -0.15) is 0 Å². The number of carbonyl (C=O) groups excluding carboxylic acids is 1. The number of ether oxygens (including phenoxy) is 2. The highest BCUT2D eigenvalue weighted by Gasteiger charge is 2.27. The monoisotopic (exact) mass is 218 g/mol. The molecule has 1 aliphatic carbocycles. The molecule has 1 unspecified atom stereocenters. The second-order valence-corrected chi connectivity index (χ2v) is 4.46. The van der Waals surface area contributed by atoms with Gasteiger partial charge in [0, 0.05) is 5.92 Å². The first-order valence-electron chi connectivity index (χ1n) is 5.68. The summed E-state index contributed by atoms with van der Waals surface area (Å²) in [5, 5.41) is 0. The standard InChI is InChI=1S/C13H14O3/c1-8(14)10-4-2-3-9-5-12-13(6-11(9)10)16-7-15-12/h5-6,10H,2-4,7H2,1H3. The molecule has 1 atom stereocenters. The predicted molar refractivity (Wildman–Crippen MR) is 58.9 cm³/mol. The normalized spacial score (nSPS) is 21.7. The predicted octanol–water partition coefficient (Wildman–Crippen LogP) is 2.42. The van der Waals surface area contributed by atoms with Gasteiger partial charge in [-0.25, -0.2) is 0 Å². The van der Waals surface area contributed by atoms with Crippen LogP contribution < -0.4 is 9.47 Å². The lowest BCUT2D eigenvalue weighted by Gasteiger charge is -2.23. The van der Waals surface area contributed by atoms with Crippen molar-refractivity contribution in [3.63, 3.8) is 0 Å². The number of Topliss-reactive ketones (excluding diaryl/α,β-unsaturated/α-hetero) is 1. The number of ketones is 1. The highest BCUT2D eigenvalue weighted by atomic mass is 16.7. The van der Waals surface area contributed by atoms with Crippen molar-refractivity contribution < 1.29 is 14.3 Å². The number of carbonyl (C=O) groups is 1. The molecule has 0 saturated heterocycles. The summed E-state index contributed by atoms with van der Waals surface area (Å²) >= 11 is 0. The molecule has 0 spiro atoms. The summed E-state index contributed by atoms with van der Waals surface area (Å²) in [7, 11) is 0. The van der Waals surface area contributed by atoms with Crippen molar-refractivity contribution >= 4 is 5.78 Å². The molecule has 3 heteroatoms. The summed E-state index contributed by atoms with van der Waals surface area (Å²) < 4.78 is 10.7. The SMILES string of the molecule is CC(=O)C1CCCc2cc3c(cc21)OCO3. The molecule has 0 N–H and O–H groups in total. The topological polar surface area (TPSA) is 35.5 Å². The summed E-state index contributed by atoms with van der Waals surface area (Å²) in [6, 6.07) is 4.02. The maximum atomic E-state index is 11.6. The minimum absolute atomic E-state index is 0.0539. The lowest BCUT2D eigenvalue weighted by atomic mass is 9.80. The van der Waals surface area contributed by atoms with Gasteiger partial charge in [-0.15, -0.1) is 0 Å². The van der Waals surface area contributed by atoms with Crippen molar-refractivity contribution in [1.29, 1.82) is 0 Å². The van der Waals surface area contributed by atoms with E-state index in [-0.39, 0.29) is 11.7 Å². The van der Waals surface area contributed by atoms with Crippen molar-refractivity contribution in [2.75, 3.05) is 6.79 Å². The van der Waals surface area contributed by atoms with E-state index in [9.17, 15) is 4.79 Å².